The molecule has 3 heteroatoms. The number of allylic oxidation sites excluding steroid dienone is 1. The summed E-state index contributed by atoms with van der Waals surface area (Å²) in [4.78, 5) is 0. The Kier molecular flexibility index (Phi) is 2.90. The molecule has 108 valence electrons. The third kappa shape index (κ3) is 2.08. The quantitative estimate of drug-likeness (QED) is 0.756. The van der Waals surface area contributed by atoms with Crippen LogP contribution in [0.25, 0.3) is 0 Å². The first kappa shape index (κ1) is 12.8. The van der Waals surface area contributed by atoms with Crippen LogP contribution < -0.4 is 10.6 Å². The van der Waals surface area contributed by atoms with E-state index in [1.807, 2.05) is 13.1 Å². The van der Waals surface area contributed by atoms with Crippen LogP contribution in [-0.4, -0.2) is 30.8 Å². The van der Waals surface area contributed by atoms with Crippen LogP contribution in [0.4, 0.5) is 4.39 Å². The van der Waals surface area contributed by atoms with Gasteiger partial charge in [0.1, 0.15) is 5.67 Å². The minimum atomic E-state index is -0.940. The second-order valence-corrected chi connectivity index (χ2v) is 6.83. The first-order chi connectivity index (χ1) is 9.68. The van der Waals surface area contributed by atoms with Crippen LogP contribution in [-0.2, 0) is 0 Å². The Bertz CT molecular complexity index is 495. The maximum atomic E-state index is 13.9. The number of halogens is 1. The van der Waals surface area contributed by atoms with Crippen molar-refractivity contribution in [1.29, 1.82) is 0 Å². The van der Waals surface area contributed by atoms with Gasteiger partial charge in [0.15, 0.2) is 0 Å². The summed E-state index contributed by atoms with van der Waals surface area (Å²) in [5.74, 6) is 0.746. The van der Waals surface area contributed by atoms with Crippen molar-refractivity contribution in [1.82, 2.24) is 10.6 Å². The van der Waals surface area contributed by atoms with Crippen LogP contribution in [0.15, 0.2) is 36.0 Å². The van der Waals surface area contributed by atoms with Crippen molar-refractivity contribution in [2.75, 3.05) is 7.05 Å². The molecule has 0 amide bonds. The van der Waals surface area contributed by atoms with E-state index in [1.165, 1.54) is 18.4 Å². The number of nitrogens with one attached hydrogen (secondary N) is 2. The molecule has 1 saturated carbocycles. The van der Waals surface area contributed by atoms with Crippen molar-refractivity contribution in [3.05, 3.63) is 36.0 Å². The molecule has 0 radical (unpaired) electrons. The van der Waals surface area contributed by atoms with Gasteiger partial charge in [0.25, 0.3) is 0 Å². The molecule has 4 rings (SSSR count). The highest BCUT2D eigenvalue weighted by molar-refractivity contribution is 5.35. The molecule has 1 heterocycles. The third-order valence-electron chi connectivity index (χ3n) is 5.54. The summed E-state index contributed by atoms with van der Waals surface area (Å²) >= 11 is 0. The maximum Gasteiger partial charge on any atom is 0.132 e. The van der Waals surface area contributed by atoms with Crippen molar-refractivity contribution in [2.24, 2.45) is 11.8 Å². The molecular weight excluding hydrogens is 251 g/mol. The summed E-state index contributed by atoms with van der Waals surface area (Å²) in [5, 5.41) is 7.10. The largest absolute Gasteiger partial charge is 0.314 e. The number of fused-ring (bicyclic) bond motifs is 2. The van der Waals surface area contributed by atoms with E-state index in [0.717, 1.165) is 12.8 Å². The van der Waals surface area contributed by atoms with Gasteiger partial charge < -0.3 is 10.6 Å². The van der Waals surface area contributed by atoms with Crippen molar-refractivity contribution < 1.29 is 4.39 Å². The van der Waals surface area contributed by atoms with Gasteiger partial charge in [-0.15, -0.1) is 0 Å². The monoisotopic (exact) mass is 274 g/mol. The van der Waals surface area contributed by atoms with E-state index in [0.29, 0.717) is 24.0 Å². The van der Waals surface area contributed by atoms with E-state index in [4.69, 9.17) is 0 Å². The van der Waals surface area contributed by atoms with Crippen molar-refractivity contribution in [3.8, 4) is 0 Å². The molecule has 0 saturated heterocycles. The predicted molar refractivity (Wildman–Crippen MR) is 79.2 cm³/mol. The lowest BCUT2D eigenvalue weighted by Crippen LogP contribution is -2.47. The van der Waals surface area contributed by atoms with E-state index in [-0.39, 0.29) is 5.92 Å². The van der Waals surface area contributed by atoms with Crippen LogP contribution in [0.3, 0.4) is 0 Å². The number of hydrogen-bond donors (Lipinski definition) is 2. The van der Waals surface area contributed by atoms with Crippen LogP contribution in [0.2, 0.25) is 0 Å². The molecule has 0 aromatic rings. The van der Waals surface area contributed by atoms with Crippen molar-refractivity contribution in [2.45, 2.75) is 49.5 Å². The van der Waals surface area contributed by atoms with Gasteiger partial charge in [-0.1, -0.05) is 30.4 Å². The number of likely N-dealkylation sites (N-methyl/N-ethyl adjacent to an activating group) is 1. The highest BCUT2D eigenvalue weighted by atomic mass is 19.1. The SMILES string of the molecule is CNC1C=C2C=CC(C3C=CC4(F)CC4C3)NC2CC1. The summed E-state index contributed by atoms with van der Waals surface area (Å²) in [5.41, 5.74) is 0.475. The minimum absolute atomic E-state index is 0.282. The Morgan fingerprint density at radius 1 is 1.35 bits per heavy atom. The summed E-state index contributed by atoms with van der Waals surface area (Å²) in [6.07, 6.45) is 15.0. The fourth-order valence-corrected chi connectivity index (χ4v) is 4.05. The van der Waals surface area contributed by atoms with Gasteiger partial charge in [-0.05, 0) is 44.2 Å². The summed E-state index contributed by atoms with van der Waals surface area (Å²) in [6, 6.07) is 1.38. The molecule has 3 aliphatic carbocycles. The highest BCUT2D eigenvalue weighted by Gasteiger charge is 2.56. The lowest BCUT2D eigenvalue weighted by atomic mass is 9.82. The molecule has 2 nitrogen and oxygen atoms in total. The molecule has 4 aliphatic rings. The van der Waals surface area contributed by atoms with E-state index < -0.39 is 5.67 Å². The Labute approximate surface area is 120 Å². The molecule has 1 aliphatic heterocycles. The Morgan fingerprint density at radius 3 is 3.05 bits per heavy atom. The molecule has 6 unspecified atom stereocenters. The fourth-order valence-electron chi connectivity index (χ4n) is 4.05. The average molecular weight is 274 g/mol. The Morgan fingerprint density at radius 2 is 2.25 bits per heavy atom. The van der Waals surface area contributed by atoms with E-state index in [9.17, 15) is 4.39 Å². The van der Waals surface area contributed by atoms with Crippen LogP contribution in [0.1, 0.15) is 25.7 Å². The zero-order valence-corrected chi connectivity index (χ0v) is 12.0. The van der Waals surface area contributed by atoms with E-state index in [1.54, 1.807) is 0 Å². The number of alkyl halides is 1. The summed E-state index contributed by atoms with van der Waals surface area (Å²) in [7, 11) is 2.02. The summed E-state index contributed by atoms with van der Waals surface area (Å²) in [6.45, 7) is 0. The lowest BCUT2D eigenvalue weighted by molar-refractivity contribution is 0.292. The first-order valence-electron chi connectivity index (χ1n) is 7.89. The molecule has 0 aromatic heterocycles. The second kappa shape index (κ2) is 4.54. The maximum absolute atomic E-state index is 13.9. The molecular formula is C17H23FN2. The van der Waals surface area contributed by atoms with Crippen LogP contribution >= 0.6 is 0 Å². The van der Waals surface area contributed by atoms with Gasteiger partial charge in [-0.25, -0.2) is 4.39 Å². The number of rotatable bonds is 2. The van der Waals surface area contributed by atoms with Crippen LogP contribution in [0, 0.1) is 11.8 Å². The molecule has 6 atom stereocenters. The standard InChI is InChI=1S/C17H23FN2/c1-19-14-3-5-16-11(9-14)2-4-15(20-16)12-6-7-17(18)10-13(17)8-12/h2,4,6-7,9,12-16,19-20H,3,5,8,10H2,1H3. The van der Waals surface area contributed by atoms with Gasteiger partial charge >= 0.3 is 0 Å². The highest BCUT2D eigenvalue weighted by Crippen LogP contribution is 2.55. The van der Waals surface area contributed by atoms with Gasteiger partial charge in [0.05, 0.1) is 0 Å². The molecule has 0 bridgehead atoms. The first-order valence-corrected chi connectivity index (χ1v) is 7.89. The topological polar surface area (TPSA) is 24.1 Å². The smallest absolute Gasteiger partial charge is 0.132 e. The number of hydrogen-bond acceptors (Lipinski definition) is 2. The van der Waals surface area contributed by atoms with Gasteiger partial charge in [0.2, 0.25) is 0 Å². The molecule has 1 fully saturated rings. The van der Waals surface area contributed by atoms with Crippen molar-refractivity contribution in [3.63, 3.8) is 0 Å². The third-order valence-corrected chi connectivity index (χ3v) is 5.54. The molecule has 0 aromatic carbocycles. The predicted octanol–water partition coefficient (Wildman–Crippen LogP) is 2.50. The van der Waals surface area contributed by atoms with Crippen molar-refractivity contribution >= 4 is 0 Å². The Balaban J connectivity index is 1.49. The van der Waals surface area contributed by atoms with Gasteiger partial charge in [0, 0.05) is 24.0 Å². The van der Waals surface area contributed by atoms with Gasteiger partial charge in [-0.3, -0.25) is 0 Å². The molecule has 2 N–H and O–H groups in total. The molecule has 20 heavy (non-hydrogen) atoms. The van der Waals surface area contributed by atoms with Gasteiger partial charge in [-0.2, -0.15) is 0 Å². The van der Waals surface area contributed by atoms with E-state index in [2.05, 4.69) is 34.9 Å². The second-order valence-electron chi connectivity index (χ2n) is 6.83. The summed E-state index contributed by atoms with van der Waals surface area (Å²) < 4.78 is 13.9. The van der Waals surface area contributed by atoms with E-state index >= 15 is 0 Å². The normalized spacial score (nSPS) is 49.3. The zero-order valence-electron chi connectivity index (χ0n) is 12.0. The Hall–Kier alpha value is -0.930. The average Bonchev–Trinajstić information content (AvgIpc) is 3.16. The minimum Gasteiger partial charge on any atom is -0.314 e. The fraction of sp³-hybridized carbons (Fsp3) is 0.647. The molecule has 0 spiro atoms. The van der Waals surface area contributed by atoms with Crippen LogP contribution in [0.5, 0.6) is 0 Å². The lowest BCUT2D eigenvalue weighted by Gasteiger charge is -2.37. The zero-order chi connectivity index (χ0) is 13.7.